The van der Waals surface area contributed by atoms with Gasteiger partial charge in [0.05, 0.1) is 24.7 Å². The Kier molecular flexibility index (Phi) is 8.89. The molecule has 2 saturated heterocycles. The van der Waals surface area contributed by atoms with Gasteiger partial charge in [-0.1, -0.05) is 18.6 Å². The van der Waals surface area contributed by atoms with Crippen LogP contribution in [0.4, 0.5) is 0 Å². The Bertz CT molecular complexity index is 827. The van der Waals surface area contributed by atoms with Crippen LogP contribution in [0.5, 0.6) is 0 Å². The number of ether oxygens (including phenoxy) is 4. The van der Waals surface area contributed by atoms with Crippen molar-refractivity contribution in [1.82, 2.24) is 0 Å². The molecule has 0 spiro atoms. The van der Waals surface area contributed by atoms with E-state index in [0.29, 0.717) is 6.42 Å². The molecule has 0 aromatic heterocycles. The minimum absolute atomic E-state index is 0.0129. The van der Waals surface area contributed by atoms with Crippen LogP contribution in [-0.2, 0) is 33.3 Å². The van der Waals surface area contributed by atoms with Crippen LogP contribution < -0.4 is 0 Å². The molecule has 3 aliphatic rings. The van der Waals surface area contributed by atoms with Gasteiger partial charge in [0.25, 0.3) is 0 Å². The van der Waals surface area contributed by atoms with Crippen molar-refractivity contribution >= 4 is 17.9 Å². The lowest BCUT2D eigenvalue weighted by Gasteiger charge is -2.43. The van der Waals surface area contributed by atoms with Gasteiger partial charge in [-0.3, -0.25) is 9.59 Å². The van der Waals surface area contributed by atoms with E-state index in [1.165, 1.54) is 0 Å². The molecule has 0 aromatic rings. The van der Waals surface area contributed by atoms with Gasteiger partial charge in [0.15, 0.2) is 6.10 Å². The third-order valence-electron chi connectivity index (χ3n) is 7.37. The first-order chi connectivity index (χ1) is 16.5. The van der Waals surface area contributed by atoms with Crippen molar-refractivity contribution in [3.63, 3.8) is 0 Å². The highest BCUT2D eigenvalue weighted by Gasteiger charge is 2.55. The first kappa shape index (κ1) is 27.5. The molecular weight excluding hydrogens is 468 g/mol. The van der Waals surface area contributed by atoms with E-state index < -0.39 is 60.6 Å². The summed E-state index contributed by atoms with van der Waals surface area (Å²) in [6.45, 7) is 4.03. The van der Waals surface area contributed by atoms with Crippen LogP contribution in [0.1, 0.15) is 33.1 Å². The first-order valence-corrected chi connectivity index (χ1v) is 11.6. The molecule has 35 heavy (non-hydrogen) atoms. The smallest absolute Gasteiger partial charge is 0.335 e. The van der Waals surface area contributed by atoms with Gasteiger partial charge < -0.3 is 44.5 Å². The fourth-order valence-electron chi connectivity index (χ4n) is 5.26. The third kappa shape index (κ3) is 5.68. The molecule has 1 aliphatic carbocycles. The Hall–Kier alpha value is -2.09. The van der Waals surface area contributed by atoms with E-state index in [9.17, 15) is 34.8 Å². The summed E-state index contributed by atoms with van der Waals surface area (Å²) >= 11 is 0. The molecule has 5 N–H and O–H groups in total. The van der Waals surface area contributed by atoms with Crippen LogP contribution >= 0.6 is 0 Å². The number of rotatable bonds is 8. The summed E-state index contributed by atoms with van der Waals surface area (Å²) in [5.74, 6) is -3.78. The molecule has 3 rings (SSSR count). The number of aliphatic carboxylic acids is 1. The van der Waals surface area contributed by atoms with E-state index >= 15 is 0 Å². The second-order valence-electron chi connectivity index (χ2n) is 9.54. The Morgan fingerprint density at radius 2 is 1.77 bits per heavy atom. The number of allylic oxidation sites excluding steroid dienone is 2. The van der Waals surface area contributed by atoms with Crippen molar-refractivity contribution in [2.75, 3.05) is 13.7 Å². The van der Waals surface area contributed by atoms with Gasteiger partial charge in [-0.05, 0) is 25.7 Å². The van der Waals surface area contributed by atoms with Gasteiger partial charge >= 0.3 is 17.9 Å². The van der Waals surface area contributed by atoms with Gasteiger partial charge in [0.2, 0.25) is 6.29 Å². The number of carbonyl (C=O) groups excluding carboxylic acids is 2. The molecule has 0 bridgehead atoms. The second kappa shape index (κ2) is 11.3. The average molecular weight is 503 g/mol. The minimum Gasteiger partial charge on any atom is -0.479 e. The van der Waals surface area contributed by atoms with E-state index in [1.54, 1.807) is 14.0 Å². The van der Waals surface area contributed by atoms with Crippen molar-refractivity contribution in [2.24, 2.45) is 23.7 Å². The van der Waals surface area contributed by atoms with Gasteiger partial charge in [-0.15, -0.1) is 0 Å². The van der Waals surface area contributed by atoms with Gasteiger partial charge in [0.1, 0.15) is 18.3 Å². The number of carboxylic acid groups (broad SMARTS) is 1. The summed E-state index contributed by atoms with van der Waals surface area (Å²) in [5.41, 5.74) is 0.803. The maximum atomic E-state index is 12.2. The Morgan fingerprint density at radius 3 is 2.40 bits per heavy atom. The van der Waals surface area contributed by atoms with Crippen molar-refractivity contribution in [1.29, 1.82) is 0 Å². The lowest BCUT2D eigenvalue weighted by atomic mass is 9.65. The van der Waals surface area contributed by atoms with E-state index in [-0.39, 0.29) is 43.3 Å². The lowest BCUT2D eigenvalue weighted by molar-refractivity contribution is -0.286. The van der Waals surface area contributed by atoms with Gasteiger partial charge in [-0.2, -0.15) is 0 Å². The molecule has 0 radical (unpaired) electrons. The highest BCUT2D eigenvalue weighted by molar-refractivity contribution is 5.76. The largest absolute Gasteiger partial charge is 0.479 e. The number of cyclic esters (lactones) is 1. The lowest BCUT2D eigenvalue weighted by Crippen LogP contribution is -2.60. The van der Waals surface area contributed by atoms with E-state index in [1.807, 2.05) is 13.0 Å². The molecule has 11 atom stereocenters. The van der Waals surface area contributed by atoms with Crippen LogP contribution in [0.3, 0.4) is 0 Å². The Balaban J connectivity index is 1.55. The molecular formula is C23H34O12. The third-order valence-corrected chi connectivity index (χ3v) is 7.37. The van der Waals surface area contributed by atoms with Crippen molar-refractivity contribution in [2.45, 2.75) is 76.0 Å². The van der Waals surface area contributed by atoms with Crippen LogP contribution in [0.15, 0.2) is 11.6 Å². The number of hydrogen-bond donors (Lipinski definition) is 5. The Labute approximate surface area is 202 Å². The fourth-order valence-corrected chi connectivity index (χ4v) is 5.26. The van der Waals surface area contributed by atoms with E-state index in [0.717, 1.165) is 5.57 Å². The van der Waals surface area contributed by atoms with Crippen LogP contribution in [-0.4, -0.2) is 100 Å². The number of fused-ring (bicyclic) bond motifs is 1. The summed E-state index contributed by atoms with van der Waals surface area (Å²) in [7, 11) is 1.57. The quantitative estimate of drug-likeness (QED) is 0.201. The number of aliphatic hydroxyl groups excluding tert-OH is 4. The molecule has 2 heterocycles. The normalized spacial score (nSPS) is 41.7. The molecule has 0 amide bonds. The number of methoxy groups -OCH3 is 1. The minimum atomic E-state index is -1.88. The number of carbonyl (C=O) groups is 3. The molecule has 198 valence electrons. The molecule has 1 saturated carbocycles. The molecule has 12 heteroatoms. The van der Waals surface area contributed by atoms with Crippen LogP contribution in [0.2, 0.25) is 0 Å². The summed E-state index contributed by atoms with van der Waals surface area (Å²) in [5, 5.41) is 49.4. The van der Waals surface area contributed by atoms with E-state index in [4.69, 9.17) is 24.1 Å². The van der Waals surface area contributed by atoms with Crippen molar-refractivity contribution in [3.8, 4) is 0 Å². The van der Waals surface area contributed by atoms with Gasteiger partial charge in [0, 0.05) is 25.4 Å². The first-order valence-electron chi connectivity index (χ1n) is 11.6. The van der Waals surface area contributed by atoms with Crippen molar-refractivity contribution in [3.05, 3.63) is 11.6 Å². The fraction of sp³-hybridized carbons (Fsp3) is 0.783. The summed E-state index contributed by atoms with van der Waals surface area (Å²) in [6, 6.07) is 0. The monoisotopic (exact) mass is 502 g/mol. The Morgan fingerprint density at radius 1 is 1.09 bits per heavy atom. The van der Waals surface area contributed by atoms with Gasteiger partial charge in [-0.25, -0.2) is 4.79 Å². The molecule has 3 fully saturated rings. The van der Waals surface area contributed by atoms with Crippen LogP contribution in [0, 0.1) is 23.7 Å². The average Bonchev–Trinajstić information content (AvgIpc) is 3.21. The molecule has 0 aromatic carbocycles. The zero-order valence-corrected chi connectivity index (χ0v) is 19.9. The highest BCUT2D eigenvalue weighted by atomic mass is 16.7. The molecule has 12 nitrogen and oxygen atoms in total. The second-order valence-corrected chi connectivity index (χ2v) is 9.54. The number of hydrogen-bond acceptors (Lipinski definition) is 11. The molecule has 2 aliphatic heterocycles. The highest BCUT2D eigenvalue weighted by Crippen LogP contribution is 2.45. The zero-order valence-electron chi connectivity index (χ0n) is 19.9. The molecule has 6 unspecified atom stereocenters. The van der Waals surface area contributed by atoms with Crippen molar-refractivity contribution < 1.29 is 58.9 Å². The summed E-state index contributed by atoms with van der Waals surface area (Å²) in [6.07, 6.45) is -7.94. The number of esters is 2. The standard InChI is InChI=1S/C23H34O12/c1-9(4-6-11-15(25)14-12(8-33-22(14)31)10(2)19(11)32-3)5-7-13(24)34-23-18(28)16(26)17(27)20(35-23)21(29)30/h4,10-12,14-20,23,25-28H,5-8H2,1-3H3,(H,29,30)/b9-4+/t10?,11?,12?,14?,15?,16-,17-,18+,19?,20-,23+/m0/s1. The SMILES string of the molecule is COC1C(C)C2COC(=O)C2C(O)C1C/C=C(\C)CCC(=O)O[C@@H]1O[C@H](C(=O)O)[C@@H](O)[C@H](O)[C@H]1O. The summed E-state index contributed by atoms with van der Waals surface area (Å²) in [4.78, 5) is 35.5. The maximum Gasteiger partial charge on any atom is 0.335 e. The van der Waals surface area contributed by atoms with Crippen LogP contribution in [0.25, 0.3) is 0 Å². The topological polar surface area (TPSA) is 189 Å². The predicted octanol–water partition coefficient (Wildman–Crippen LogP) is -1.03. The number of aliphatic hydroxyl groups is 4. The maximum absolute atomic E-state index is 12.2. The predicted molar refractivity (Wildman–Crippen MR) is 115 cm³/mol. The number of carboxylic acids is 1. The zero-order chi connectivity index (χ0) is 26.0. The van der Waals surface area contributed by atoms with E-state index in [2.05, 4.69) is 0 Å². The summed E-state index contributed by atoms with van der Waals surface area (Å²) < 4.78 is 20.7.